The van der Waals surface area contributed by atoms with E-state index >= 15 is 0 Å². The van der Waals surface area contributed by atoms with Crippen molar-refractivity contribution >= 4 is 16.6 Å². The Morgan fingerprint density at radius 3 is 2.52 bits per heavy atom. The van der Waals surface area contributed by atoms with E-state index in [9.17, 15) is 13.2 Å². The lowest BCUT2D eigenvalue weighted by atomic mass is 9.99. The molecule has 0 spiro atoms. The summed E-state index contributed by atoms with van der Waals surface area (Å²) >= 11 is 0. The molecule has 1 aromatic heterocycles. The molecular formula is C15H11F3N2O. The van der Waals surface area contributed by atoms with Crippen molar-refractivity contribution in [3.8, 4) is 16.9 Å². The number of para-hydroxylation sites is 1. The first-order valence-corrected chi connectivity index (χ1v) is 6.16. The van der Waals surface area contributed by atoms with Gasteiger partial charge in [0.2, 0.25) is 0 Å². The van der Waals surface area contributed by atoms with Gasteiger partial charge in [-0.2, -0.15) is 0 Å². The molecule has 0 saturated carbocycles. The third kappa shape index (κ3) is 2.52. The van der Waals surface area contributed by atoms with Crippen molar-refractivity contribution in [3.05, 3.63) is 48.7 Å². The maximum absolute atomic E-state index is 12.5. The van der Waals surface area contributed by atoms with Crippen LogP contribution >= 0.6 is 0 Å². The van der Waals surface area contributed by atoms with Crippen molar-refractivity contribution < 1.29 is 17.9 Å². The molecule has 0 aliphatic rings. The van der Waals surface area contributed by atoms with Crippen molar-refractivity contribution in [2.24, 2.45) is 0 Å². The molecule has 0 aliphatic carbocycles. The van der Waals surface area contributed by atoms with Gasteiger partial charge in [0.25, 0.3) is 0 Å². The van der Waals surface area contributed by atoms with Gasteiger partial charge in [-0.15, -0.1) is 13.2 Å². The van der Waals surface area contributed by atoms with Crippen molar-refractivity contribution in [2.75, 3.05) is 5.73 Å². The number of nitrogens with two attached hydrogens (primary N) is 1. The Hall–Kier alpha value is -2.63. The number of alkyl halides is 3. The van der Waals surface area contributed by atoms with Crippen molar-refractivity contribution in [2.45, 2.75) is 6.36 Å². The summed E-state index contributed by atoms with van der Waals surface area (Å²) in [6, 6.07) is 11.2. The monoisotopic (exact) mass is 292 g/mol. The second kappa shape index (κ2) is 4.73. The molecule has 0 atom stereocenters. The third-order valence-corrected chi connectivity index (χ3v) is 3.15. The first-order valence-electron chi connectivity index (χ1n) is 6.16. The Balaban J connectivity index is 2.24. The van der Waals surface area contributed by atoms with Crippen LogP contribution in [0.2, 0.25) is 0 Å². The summed E-state index contributed by atoms with van der Waals surface area (Å²) in [6.45, 7) is 0. The van der Waals surface area contributed by atoms with Gasteiger partial charge in [0, 0.05) is 33.9 Å². The van der Waals surface area contributed by atoms with Crippen molar-refractivity contribution in [3.63, 3.8) is 0 Å². The van der Waals surface area contributed by atoms with Crippen LogP contribution in [0.4, 0.5) is 18.9 Å². The van der Waals surface area contributed by atoms with E-state index in [-0.39, 0.29) is 5.75 Å². The third-order valence-electron chi connectivity index (χ3n) is 3.15. The van der Waals surface area contributed by atoms with E-state index in [2.05, 4.69) is 9.72 Å². The molecule has 3 N–H and O–H groups in total. The molecule has 0 saturated heterocycles. The van der Waals surface area contributed by atoms with Gasteiger partial charge in [-0.05, 0) is 24.3 Å². The number of hydrogen-bond acceptors (Lipinski definition) is 2. The first-order chi connectivity index (χ1) is 9.96. The Morgan fingerprint density at radius 1 is 1.00 bits per heavy atom. The van der Waals surface area contributed by atoms with E-state index in [1.54, 1.807) is 36.5 Å². The summed E-state index contributed by atoms with van der Waals surface area (Å²) in [4.78, 5) is 3.01. The highest BCUT2D eigenvalue weighted by atomic mass is 19.4. The Kier molecular flexibility index (Phi) is 3.01. The van der Waals surface area contributed by atoms with Crippen molar-refractivity contribution in [1.82, 2.24) is 4.98 Å². The summed E-state index contributed by atoms with van der Waals surface area (Å²) in [7, 11) is 0. The number of aromatic nitrogens is 1. The number of halogens is 3. The Bertz CT molecular complexity index is 793. The zero-order valence-corrected chi connectivity index (χ0v) is 10.7. The van der Waals surface area contributed by atoms with Gasteiger partial charge in [0.05, 0.1) is 0 Å². The minimum Gasteiger partial charge on any atom is -0.405 e. The fourth-order valence-electron chi connectivity index (χ4n) is 2.34. The SMILES string of the molecule is Nc1ccc2[nH]ccc2c1-c1ccccc1OC(F)(F)F. The van der Waals surface area contributed by atoms with E-state index < -0.39 is 6.36 Å². The standard InChI is InChI=1S/C15H11F3N2O/c16-15(17,18)21-13-4-2-1-3-10(13)14-9-7-8-20-12(9)6-5-11(14)19/h1-8,20H,19H2. The van der Waals surface area contributed by atoms with Crippen LogP contribution in [0.15, 0.2) is 48.7 Å². The van der Waals surface area contributed by atoms with Gasteiger partial charge in [0.15, 0.2) is 0 Å². The number of nitrogens with one attached hydrogen (secondary N) is 1. The molecule has 2 aromatic carbocycles. The van der Waals surface area contributed by atoms with Crippen LogP contribution in [0.5, 0.6) is 5.75 Å². The summed E-state index contributed by atoms with van der Waals surface area (Å²) in [5, 5.41) is 0.744. The lowest BCUT2D eigenvalue weighted by molar-refractivity contribution is -0.274. The number of ether oxygens (including phenoxy) is 1. The molecule has 3 aromatic rings. The number of fused-ring (bicyclic) bond motifs is 1. The summed E-state index contributed by atoms with van der Waals surface area (Å²) in [5.74, 6) is -0.273. The topological polar surface area (TPSA) is 51.0 Å². The molecule has 3 rings (SSSR count). The van der Waals surface area contributed by atoms with Gasteiger partial charge in [-0.1, -0.05) is 18.2 Å². The zero-order valence-electron chi connectivity index (χ0n) is 10.7. The van der Waals surface area contributed by atoms with E-state index in [0.717, 1.165) is 10.9 Å². The number of H-pyrrole nitrogens is 1. The molecule has 0 fully saturated rings. The zero-order chi connectivity index (χ0) is 15.0. The van der Waals surface area contributed by atoms with E-state index in [1.807, 2.05) is 0 Å². The second-order valence-electron chi connectivity index (χ2n) is 4.51. The van der Waals surface area contributed by atoms with Crippen LogP contribution in [0.3, 0.4) is 0 Å². The highest BCUT2D eigenvalue weighted by Crippen LogP contribution is 2.40. The molecule has 3 nitrogen and oxygen atoms in total. The van der Waals surface area contributed by atoms with Crippen LogP contribution in [-0.2, 0) is 0 Å². The minimum absolute atomic E-state index is 0.273. The number of aromatic amines is 1. The largest absolute Gasteiger partial charge is 0.573 e. The lowest BCUT2D eigenvalue weighted by Crippen LogP contribution is -2.17. The second-order valence-corrected chi connectivity index (χ2v) is 4.51. The minimum atomic E-state index is -4.75. The molecule has 108 valence electrons. The Labute approximate surface area is 118 Å². The van der Waals surface area contributed by atoms with Crippen LogP contribution in [0, 0.1) is 0 Å². The van der Waals surface area contributed by atoms with Gasteiger partial charge >= 0.3 is 6.36 Å². The highest BCUT2D eigenvalue weighted by molar-refractivity contribution is 6.02. The number of hydrogen-bond donors (Lipinski definition) is 2. The molecule has 1 heterocycles. The fourth-order valence-corrected chi connectivity index (χ4v) is 2.34. The summed E-state index contributed by atoms with van der Waals surface area (Å²) in [6.07, 6.45) is -3.04. The molecule has 6 heteroatoms. The normalized spacial score (nSPS) is 11.8. The molecule has 21 heavy (non-hydrogen) atoms. The predicted molar refractivity (Wildman–Crippen MR) is 74.8 cm³/mol. The predicted octanol–water partition coefficient (Wildman–Crippen LogP) is 4.32. The summed E-state index contributed by atoms with van der Waals surface area (Å²) < 4.78 is 41.7. The average molecular weight is 292 g/mol. The van der Waals surface area contributed by atoms with Gasteiger partial charge < -0.3 is 15.5 Å². The quantitative estimate of drug-likeness (QED) is 0.691. The van der Waals surface area contributed by atoms with Crippen LogP contribution in [-0.4, -0.2) is 11.3 Å². The number of anilines is 1. The molecule has 0 unspecified atom stereocenters. The van der Waals surface area contributed by atoms with Gasteiger partial charge in [0.1, 0.15) is 5.75 Å². The Morgan fingerprint density at radius 2 is 1.76 bits per heavy atom. The fraction of sp³-hybridized carbons (Fsp3) is 0.0667. The van der Waals surface area contributed by atoms with Gasteiger partial charge in [-0.25, -0.2) is 0 Å². The molecule has 0 aliphatic heterocycles. The lowest BCUT2D eigenvalue weighted by Gasteiger charge is -2.15. The van der Waals surface area contributed by atoms with Crippen LogP contribution < -0.4 is 10.5 Å². The average Bonchev–Trinajstić information content (AvgIpc) is 2.86. The molecular weight excluding hydrogens is 281 g/mol. The van der Waals surface area contributed by atoms with E-state index in [1.165, 1.54) is 12.1 Å². The molecule has 0 bridgehead atoms. The van der Waals surface area contributed by atoms with E-state index in [0.29, 0.717) is 16.8 Å². The van der Waals surface area contributed by atoms with Gasteiger partial charge in [-0.3, -0.25) is 0 Å². The highest BCUT2D eigenvalue weighted by Gasteiger charge is 2.32. The number of rotatable bonds is 2. The number of benzene rings is 2. The van der Waals surface area contributed by atoms with Crippen molar-refractivity contribution in [1.29, 1.82) is 0 Å². The maximum atomic E-state index is 12.5. The van der Waals surface area contributed by atoms with E-state index in [4.69, 9.17) is 5.73 Å². The number of nitrogen functional groups attached to an aromatic ring is 1. The maximum Gasteiger partial charge on any atom is 0.573 e. The van der Waals surface area contributed by atoms with Crippen LogP contribution in [0.1, 0.15) is 0 Å². The summed E-state index contributed by atoms with van der Waals surface area (Å²) in [5.41, 5.74) is 7.97. The smallest absolute Gasteiger partial charge is 0.405 e. The first kappa shape index (κ1) is 13.4. The molecule has 0 radical (unpaired) electrons. The molecule has 0 amide bonds. The van der Waals surface area contributed by atoms with Crippen LogP contribution in [0.25, 0.3) is 22.0 Å².